The second kappa shape index (κ2) is 6.08. The maximum absolute atomic E-state index is 14.0. The summed E-state index contributed by atoms with van der Waals surface area (Å²) >= 11 is 8.61. The number of hydrogen-bond acceptors (Lipinski definition) is 4. The van der Waals surface area contributed by atoms with Crippen LogP contribution in [0.3, 0.4) is 0 Å². The third-order valence-electron chi connectivity index (χ3n) is 2.50. The van der Waals surface area contributed by atoms with Crippen LogP contribution in [0.4, 0.5) is 10.1 Å². The van der Waals surface area contributed by atoms with Gasteiger partial charge in [0.05, 0.1) is 15.0 Å². The number of nitro groups is 1. The summed E-state index contributed by atoms with van der Waals surface area (Å²) in [5.41, 5.74) is -0.298. The molecule has 0 bridgehead atoms. The Kier molecular flexibility index (Phi) is 4.40. The molecule has 21 heavy (non-hydrogen) atoms. The van der Waals surface area contributed by atoms with Gasteiger partial charge in [-0.25, -0.2) is 4.39 Å². The van der Waals surface area contributed by atoms with Gasteiger partial charge in [-0.15, -0.1) is 0 Å². The lowest BCUT2D eigenvalue weighted by Crippen LogP contribution is -1.96. The van der Waals surface area contributed by atoms with Crippen LogP contribution in [0.25, 0.3) is 0 Å². The molecule has 106 valence electrons. The van der Waals surface area contributed by atoms with Crippen molar-refractivity contribution in [2.75, 3.05) is 0 Å². The lowest BCUT2D eigenvalue weighted by Gasteiger charge is -2.09. The molecule has 0 aliphatic heterocycles. The van der Waals surface area contributed by atoms with E-state index >= 15 is 0 Å². The van der Waals surface area contributed by atoms with Crippen LogP contribution in [0.2, 0.25) is 5.02 Å². The topological polar surface area (TPSA) is 76.2 Å². The van der Waals surface area contributed by atoms with Crippen LogP contribution in [0.15, 0.2) is 34.8 Å². The quantitative estimate of drug-likeness (QED) is 0.573. The molecule has 0 aliphatic rings. The fourth-order valence-electron chi connectivity index (χ4n) is 1.53. The third-order valence-corrected chi connectivity index (χ3v) is 3.52. The van der Waals surface area contributed by atoms with Gasteiger partial charge in [0.1, 0.15) is 6.07 Å². The lowest BCUT2D eigenvalue weighted by molar-refractivity contribution is -0.385. The molecule has 0 spiro atoms. The van der Waals surface area contributed by atoms with Crippen molar-refractivity contribution >= 4 is 33.2 Å². The molecule has 8 heteroatoms. The van der Waals surface area contributed by atoms with Gasteiger partial charge in [-0.3, -0.25) is 10.1 Å². The molecule has 0 aromatic heterocycles. The largest absolute Gasteiger partial charge is 0.447 e. The van der Waals surface area contributed by atoms with Gasteiger partial charge in [-0.1, -0.05) is 11.6 Å². The van der Waals surface area contributed by atoms with Crippen molar-refractivity contribution in [1.29, 1.82) is 5.26 Å². The molecule has 2 aromatic rings. The van der Waals surface area contributed by atoms with E-state index in [1.54, 1.807) is 6.07 Å². The van der Waals surface area contributed by atoms with E-state index in [2.05, 4.69) is 15.9 Å². The molecule has 0 saturated carbocycles. The van der Waals surface area contributed by atoms with Crippen LogP contribution >= 0.6 is 27.5 Å². The summed E-state index contributed by atoms with van der Waals surface area (Å²) in [7, 11) is 0. The molecule has 2 rings (SSSR count). The van der Waals surface area contributed by atoms with Crippen molar-refractivity contribution in [2.45, 2.75) is 0 Å². The number of hydrogen-bond donors (Lipinski definition) is 0. The Morgan fingerprint density at radius 1 is 1.33 bits per heavy atom. The van der Waals surface area contributed by atoms with Crippen LogP contribution in [0.5, 0.6) is 11.5 Å². The number of benzene rings is 2. The van der Waals surface area contributed by atoms with E-state index in [1.807, 2.05) is 0 Å². The maximum Gasteiger partial charge on any atom is 0.313 e. The van der Waals surface area contributed by atoms with Crippen molar-refractivity contribution in [3.63, 3.8) is 0 Å². The molecule has 0 saturated heterocycles. The second-order valence-electron chi connectivity index (χ2n) is 3.82. The monoisotopic (exact) mass is 370 g/mol. The Labute approximate surface area is 131 Å². The van der Waals surface area contributed by atoms with Crippen molar-refractivity contribution in [1.82, 2.24) is 0 Å². The average Bonchev–Trinajstić information content (AvgIpc) is 2.45. The predicted molar refractivity (Wildman–Crippen MR) is 77.0 cm³/mol. The molecule has 0 unspecified atom stereocenters. The molecule has 0 fully saturated rings. The van der Waals surface area contributed by atoms with Gasteiger partial charge in [0, 0.05) is 11.1 Å². The summed E-state index contributed by atoms with van der Waals surface area (Å²) in [6.07, 6.45) is 0. The van der Waals surface area contributed by atoms with Gasteiger partial charge in [0.25, 0.3) is 0 Å². The number of halogens is 3. The molecule has 0 aliphatic carbocycles. The highest BCUT2D eigenvalue weighted by Gasteiger charge is 2.19. The first-order valence-corrected chi connectivity index (χ1v) is 6.61. The van der Waals surface area contributed by atoms with Gasteiger partial charge < -0.3 is 4.74 Å². The fraction of sp³-hybridized carbons (Fsp3) is 0. The van der Waals surface area contributed by atoms with Gasteiger partial charge >= 0.3 is 5.69 Å². The summed E-state index contributed by atoms with van der Waals surface area (Å²) in [5, 5.41) is 19.9. The highest BCUT2D eigenvalue weighted by atomic mass is 79.9. The molecular formula is C13H5BrClFN2O3. The minimum Gasteiger partial charge on any atom is -0.447 e. The van der Waals surface area contributed by atoms with E-state index in [4.69, 9.17) is 21.6 Å². The Bertz CT molecular complexity index is 777. The molecule has 0 heterocycles. The van der Waals surface area contributed by atoms with E-state index in [0.29, 0.717) is 0 Å². The minimum atomic E-state index is -0.821. The van der Waals surface area contributed by atoms with Crippen LogP contribution in [0.1, 0.15) is 5.56 Å². The van der Waals surface area contributed by atoms with Crippen LogP contribution < -0.4 is 4.74 Å². The summed E-state index contributed by atoms with van der Waals surface area (Å²) in [6, 6.07) is 8.12. The zero-order valence-electron chi connectivity index (χ0n) is 10.1. The number of nitriles is 1. The van der Waals surface area contributed by atoms with Crippen molar-refractivity contribution < 1.29 is 14.1 Å². The first-order valence-electron chi connectivity index (χ1n) is 5.44. The SMILES string of the molecule is N#Cc1ccc(Oc2ccc(Cl)cc2[N+](=O)[O-])c(F)c1Br. The van der Waals surface area contributed by atoms with E-state index in [1.165, 1.54) is 24.3 Å². The smallest absolute Gasteiger partial charge is 0.313 e. The first-order chi connectivity index (χ1) is 9.93. The first kappa shape index (κ1) is 15.2. The Balaban J connectivity index is 2.47. The standard InChI is InChI=1S/C13H5BrClFN2O3/c14-12-7(6-17)1-3-11(13(12)16)21-10-4-2-8(15)5-9(10)18(19)20/h1-5H. The van der Waals surface area contributed by atoms with E-state index in [0.717, 1.165) is 6.07 Å². The Morgan fingerprint density at radius 2 is 2.00 bits per heavy atom. The Morgan fingerprint density at radius 3 is 2.62 bits per heavy atom. The van der Waals surface area contributed by atoms with Crippen LogP contribution in [-0.2, 0) is 0 Å². The maximum atomic E-state index is 14.0. The highest BCUT2D eigenvalue weighted by molar-refractivity contribution is 9.10. The minimum absolute atomic E-state index is 0.0703. The van der Waals surface area contributed by atoms with E-state index < -0.39 is 10.7 Å². The molecule has 0 N–H and O–H groups in total. The second-order valence-corrected chi connectivity index (χ2v) is 5.05. The van der Waals surface area contributed by atoms with Crippen LogP contribution in [0, 0.1) is 27.3 Å². The fourth-order valence-corrected chi connectivity index (χ4v) is 2.12. The lowest BCUT2D eigenvalue weighted by atomic mass is 10.2. The molecule has 0 amide bonds. The van der Waals surface area contributed by atoms with Crippen molar-refractivity contribution in [2.24, 2.45) is 0 Å². The molecule has 5 nitrogen and oxygen atoms in total. The average molecular weight is 372 g/mol. The summed E-state index contributed by atoms with van der Waals surface area (Å²) < 4.78 is 19.2. The summed E-state index contributed by atoms with van der Waals surface area (Å²) in [5.74, 6) is -1.22. The number of nitro benzene ring substituents is 1. The van der Waals surface area contributed by atoms with Crippen molar-refractivity contribution in [3.05, 3.63) is 61.3 Å². The highest BCUT2D eigenvalue weighted by Crippen LogP contribution is 2.36. The predicted octanol–water partition coefficient (Wildman–Crippen LogP) is 4.81. The molecular weight excluding hydrogens is 367 g/mol. The van der Waals surface area contributed by atoms with Crippen LogP contribution in [-0.4, -0.2) is 4.92 Å². The van der Waals surface area contributed by atoms with Gasteiger partial charge in [-0.2, -0.15) is 5.26 Å². The van der Waals surface area contributed by atoms with Crippen molar-refractivity contribution in [3.8, 4) is 17.6 Å². The Hall–Kier alpha value is -2.17. The molecule has 0 radical (unpaired) electrons. The zero-order valence-corrected chi connectivity index (χ0v) is 12.5. The number of rotatable bonds is 3. The number of nitrogens with zero attached hydrogens (tertiary/aromatic N) is 2. The van der Waals surface area contributed by atoms with E-state index in [-0.39, 0.29) is 32.2 Å². The summed E-state index contributed by atoms with van der Waals surface area (Å²) in [4.78, 5) is 10.3. The van der Waals surface area contributed by atoms with Gasteiger partial charge in [0.15, 0.2) is 11.6 Å². The van der Waals surface area contributed by atoms with Gasteiger partial charge in [0.2, 0.25) is 5.75 Å². The summed E-state index contributed by atoms with van der Waals surface area (Å²) in [6.45, 7) is 0. The zero-order chi connectivity index (χ0) is 15.6. The third kappa shape index (κ3) is 3.12. The molecule has 2 aromatic carbocycles. The van der Waals surface area contributed by atoms with Gasteiger partial charge in [-0.05, 0) is 40.2 Å². The normalized spacial score (nSPS) is 10.0. The van der Waals surface area contributed by atoms with E-state index in [9.17, 15) is 14.5 Å². The molecule has 0 atom stereocenters. The number of ether oxygens (including phenoxy) is 1.